The third-order valence-electron chi connectivity index (χ3n) is 6.80. The molecule has 0 amide bonds. The van der Waals surface area contributed by atoms with Crippen molar-refractivity contribution in [1.82, 2.24) is 10.5 Å². The first-order valence-electron chi connectivity index (χ1n) is 12.1. The number of ether oxygens (including phenoxy) is 2. The molecule has 3 aromatic rings. The monoisotopic (exact) mass is 537 g/mol. The Labute approximate surface area is 221 Å². The topological polar surface area (TPSA) is 95.2 Å². The molecule has 0 bridgehead atoms. The van der Waals surface area contributed by atoms with Crippen molar-refractivity contribution in [2.75, 3.05) is 0 Å². The summed E-state index contributed by atoms with van der Waals surface area (Å²) in [6, 6.07) is 11.1. The Hall–Kier alpha value is -3.19. The summed E-state index contributed by atoms with van der Waals surface area (Å²) in [6.45, 7) is 2.31. The van der Waals surface area contributed by atoms with E-state index in [4.69, 9.17) is 30.1 Å². The van der Waals surface area contributed by atoms with E-state index in [1.807, 2.05) is 40.7 Å². The van der Waals surface area contributed by atoms with E-state index in [2.05, 4.69) is 15.5 Å². The number of aromatic nitrogens is 1. The smallest absolute Gasteiger partial charge is 0.340 e. The first-order valence-corrected chi connectivity index (χ1v) is 13.0. The molecule has 2 unspecified atom stereocenters. The molecule has 0 saturated heterocycles. The van der Waals surface area contributed by atoms with Crippen molar-refractivity contribution in [1.29, 1.82) is 0 Å². The summed E-state index contributed by atoms with van der Waals surface area (Å²) >= 11 is 6.55. The number of benzene rings is 2. The molecule has 1 aromatic heterocycles. The van der Waals surface area contributed by atoms with Crippen LogP contribution in [-0.2, 0) is 22.3 Å². The van der Waals surface area contributed by atoms with Gasteiger partial charge in [-0.05, 0) is 61.9 Å². The SMILES string of the molecule is Cc1cccc(Cl)c1-c1noc(C2CC2)c1COC1C=NC2=C(CCc3ccc(C(=O)OP)cc3O2)N1. The minimum Gasteiger partial charge on any atom is -0.448 e. The van der Waals surface area contributed by atoms with Gasteiger partial charge in [0.05, 0.1) is 38.6 Å². The van der Waals surface area contributed by atoms with Gasteiger partial charge < -0.3 is 23.8 Å². The number of carbonyl (C=O) groups is 1. The predicted octanol–water partition coefficient (Wildman–Crippen LogP) is 5.84. The molecule has 2 aromatic carbocycles. The number of fused-ring (bicyclic) bond motifs is 1. The second-order valence-electron chi connectivity index (χ2n) is 9.35. The molecule has 2 aliphatic heterocycles. The number of allylic oxidation sites excluding steroid dienone is 1. The normalized spacial score (nSPS) is 18.4. The molecular formula is C27H25ClN3O5P. The van der Waals surface area contributed by atoms with Gasteiger partial charge in [0.25, 0.3) is 0 Å². The molecule has 37 heavy (non-hydrogen) atoms. The van der Waals surface area contributed by atoms with Gasteiger partial charge in [-0.25, -0.2) is 9.79 Å². The van der Waals surface area contributed by atoms with Crippen molar-refractivity contribution < 1.29 is 23.3 Å². The third kappa shape index (κ3) is 4.77. The first kappa shape index (κ1) is 24.2. The van der Waals surface area contributed by atoms with Crippen LogP contribution in [0, 0.1) is 6.92 Å². The van der Waals surface area contributed by atoms with Crippen LogP contribution in [0.1, 0.15) is 58.0 Å². The Morgan fingerprint density at radius 1 is 1.24 bits per heavy atom. The molecule has 3 heterocycles. The molecule has 1 saturated carbocycles. The minimum atomic E-state index is -0.451. The maximum atomic E-state index is 11.9. The highest BCUT2D eigenvalue weighted by Crippen LogP contribution is 2.45. The largest absolute Gasteiger partial charge is 0.448 e. The molecule has 0 spiro atoms. The Bertz CT molecular complexity index is 1430. The van der Waals surface area contributed by atoms with E-state index in [0.29, 0.717) is 41.2 Å². The van der Waals surface area contributed by atoms with Gasteiger partial charge in [0.15, 0.2) is 6.23 Å². The molecule has 3 aliphatic rings. The highest BCUT2D eigenvalue weighted by Gasteiger charge is 2.34. The molecule has 1 fully saturated rings. The summed E-state index contributed by atoms with van der Waals surface area (Å²) < 4.78 is 22.9. The fraction of sp³-hybridized carbons (Fsp3) is 0.296. The lowest BCUT2D eigenvalue weighted by Gasteiger charge is -2.23. The van der Waals surface area contributed by atoms with Crippen LogP contribution in [0.25, 0.3) is 11.3 Å². The summed E-state index contributed by atoms with van der Waals surface area (Å²) in [4.78, 5) is 16.4. The Balaban J connectivity index is 1.20. The number of nitrogens with zero attached hydrogens (tertiary/aromatic N) is 2. The van der Waals surface area contributed by atoms with Crippen molar-refractivity contribution in [2.24, 2.45) is 4.99 Å². The lowest BCUT2D eigenvalue weighted by Crippen LogP contribution is -2.36. The fourth-order valence-electron chi connectivity index (χ4n) is 4.68. The fourth-order valence-corrected chi connectivity index (χ4v) is 5.13. The lowest BCUT2D eigenvalue weighted by atomic mass is 10.0. The minimum absolute atomic E-state index is 0.295. The number of hydrogen-bond donors (Lipinski definition) is 1. The van der Waals surface area contributed by atoms with Crippen molar-refractivity contribution >= 4 is 33.3 Å². The van der Waals surface area contributed by atoms with Gasteiger partial charge in [-0.15, -0.1) is 0 Å². The van der Waals surface area contributed by atoms with Crippen LogP contribution in [0.3, 0.4) is 0 Å². The van der Waals surface area contributed by atoms with Crippen LogP contribution in [0.2, 0.25) is 5.02 Å². The van der Waals surface area contributed by atoms with E-state index in [1.54, 1.807) is 18.3 Å². The molecule has 0 radical (unpaired) electrons. The Kier molecular flexibility index (Phi) is 6.49. The van der Waals surface area contributed by atoms with Gasteiger partial charge in [0.2, 0.25) is 5.88 Å². The summed E-state index contributed by atoms with van der Waals surface area (Å²) in [5.74, 6) is 1.85. The highest BCUT2D eigenvalue weighted by atomic mass is 35.5. The van der Waals surface area contributed by atoms with Gasteiger partial charge in [-0.1, -0.05) is 35.0 Å². The highest BCUT2D eigenvalue weighted by molar-refractivity contribution is 7.10. The van der Waals surface area contributed by atoms with Gasteiger partial charge in [0.1, 0.15) is 17.2 Å². The molecule has 2 atom stereocenters. The van der Waals surface area contributed by atoms with Gasteiger partial charge in [-0.3, -0.25) is 0 Å². The molecular weight excluding hydrogens is 513 g/mol. The molecule has 1 aliphatic carbocycles. The van der Waals surface area contributed by atoms with Crippen molar-refractivity contribution in [3.63, 3.8) is 0 Å². The number of aliphatic imine (C=N–C) groups is 1. The van der Waals surface area contributed by atoms with E-state index < -0.39 is 12.2 Å². The second kappa shape index (κ2) is 9.93. The lowest BCUT2D eigenvalue weighted by molar-refractivity contribution is 0.0682. The molecule has 10 heteroatoms. The van der Waals surface area contributed by atoms with Gasteiger partial charge in [-0.2, -0.15) is 0 Å². The predicted molar refractivity (Wildman–Crippen MR) is 141 cm³/mol. The molecule has 190 valence electrons. The van der Waals surface area contributed by atoms with Crippen molar-refractivity contribution in [3.8, 4) is 17.0 Å². The van der Waals surface area contributed by atoms with Gasteiger partial charge in [0, 0.05) is 17.0 Å². The third-order valence-corrected chi connectivity index (χ3v) is 7.32. The number of hydrogen-bond acceptors (Lipinski definition) is 8. The van der Waals surface area contributed by atoms with Crippen LogP contribution < -0.4 is 10.1 Å². The molecule has 6 rings (SSSR count). The maximum absolute atomic E-state index is 11.9. The quantitative estimate of drug-likeness (QED) is 0.395. The molecule has 8 nitrogen and oxygen atoms in total. The first-order chi connectivity index (χ1) is 18.0. The van der Waals surface area contributed by atoms with Crippen LogP contribution in [0.15, 0.2) is 57.5 Å². The number of rotatable bonds is 6. The van der Waals surface area contributed by atoms with E-state index in [-0.39, 0.29) is 0 Å². The summed E-state index contributed by atoms with van der Waals surface area (Å²) in [5.41, 5.74) is 5.79. The Morgan fingerprint density at radius 3 is 2.89 bits per heavy atom. The number of carbonyl (C=O) groups excluding carboxylic acids is 1. The standard InChI is InChI=1S/C27H25ClN3O5P/c1-14-3-2-4-19(28)23(14)24-18(25(35-31-24)16-6-7-16)13-33-22-12-29-26-20(30-22)10-9-15-5-8-17(27(32)36-37)11-21(15)34-26/h2-5,8,11-12,16,22,30H,6-7,9-10,13,37H2,1H3. The number of aryl methyl sites for hydroxylation is 2. The summed E-state index contributed by atoms with van der Waals surface area (Å²) in [6.07, 6.45) is 4.81. The van der Waals surface area contributed by atoms with E-state index in [1.165, 1.54) is 0 Å². The van der Waals surface area contributed by atoms with Crippen LogP contribution in [-0.4, -0.2) is 23.6 Å². The average Bonchev–Trinajstić information content (AvgIpc) is 3.69. The van der Waals surface area contributed by atoms with E-state index in [9.17, 15) is 4.79 Å². The average molecular weight is 538 g/mol. The Morgan fingerprint density at radius 2 is 2.11 bits per heavy atom. The summed E-state index contributed by atoms with van der Waals surface area (Å²) in [5, 5.41) is 8.43. The van der Waals surface area contributed by atoms with Gasteiger partial charge >= 0.3 is 5.97 Å². The number of halogens is 1. The summed E-state index contributed by atoms with van der Waals surface area (Å²) in [7, 11) is 1.97. The van der Waals surface area contributed by atoms with Crippen LogP contribution >= 0.6 is 21.1 Å². The van der Waals surface area contributed by atoms with Crippen molar-refractivity contribution in [3.05, 3.63) is 81.0 Å². The van der Waals surface area contributed by atoms with E-state index in [0.717, 1.165) is 58.7 Å². The van der Waals surface area contributed by atoms with E-state index >= 15 is 0 Å². The zero-order chi connectivity index (χ0) is 25.5. The van der Waals surface area contributed by atoms with Crippen LogP contribution in [0.5, 0.6) is 5.75 Å². The zero-order valence-corrected chi connectivity index (χ0v) is 22.0. The van der Waals surface area contributed by atoms with Crippen molar-refractivity contribution in [2.45, 2.75) is 51.4 Å². The number of nitrogens with one attached hydrogen (secondary N) is 1. The zero-order valence-electron chi connectivity index (χ0n) is 20.1. The second-order valence-corrected chi connectivity index (χ2v) is 9.99. The van der Waals surface area contributed by atoms with Crippen LogP contribution in [0.4, 0.5) is 0 Å². The maximum Gasteiger partial charge on any atom is 0.340 e. The molecule has 1 N–H and O–H groups in total.